The Bertz CT molecular complexity index is 2280. The van der Waals surface area contributed by atoms with Crippen LogP contribution < -0.4 is 9.47 Å². The van der Waals surface area contributed by atoms with Crippen molar-refractivity contribution in [2.45, 2.75) is 44.9 Å². The van der Waals surface area contributed by atoms with Crippen molar-refractivity contribution >= 4 is 66.9 Å². The van der Waals surface area contributed by atoms with E-state index in [4.69, 9.17) is 19.5 Å². The van der Waals surface area contributed by atoms with Gasteiger partial charge in [0.05, 0.1) is 24.6 Å². The van der Waals surface area contributed by atoms with E-state index in [0.29, 0.717) is 0 Å². The van der Waals surface area contributed by atoms with E-state index in [2.05, 4.69) is 109 Å². The molecule has 0 saturated carbocycles. The molecule has 0 fully saturated rings. The first-order chi connectivity index (χ1) is 27.3. The molecule has 4 nitrogen and oxygen atoms in total. The van der Waals surface area contributed by atoms with Crippen molar-refractivity contribution in [1.29, 1.82) is 0 Å². The number of fused-ring (bicyclic) bond motifs is 4. The molecule has 8 aromatic carbocycles. The molecule has 8 rings (SSSR count). The van der Waals surface area contributed by atoms with Crippen LogP contribution >= 0.6 is 0 Å². The highest BCUT2D eigenvalue weighted by molar-refractivity contribution is 6.14. The lowest BCUT2D eigenvalue weighted by Crippen LogP contribution is -1.98. The molecule has 0 spiro atoms. The molecule has 55 heavy (non-hydrogen) atoms. The summed E-state index contributed by atoms with van der Waals surface area (Å²) in [5.74, 6) is 1.79. The summed E-state index contributed by atoms with van der Waals surface area (Å²) >= 11 is 0. The number of nitrogens with zero attached hydrogens (tertiary/aromatic N) is 2. The van der Waals surface area contributed by atoms with Crippen LogP contribution in [0.15, 0.2) is 168 Å². The number of aliphatic imine (C=N–C) groups is 2. The zero-order chi connectivity index (χ0) is 37.1. The Morgan fingerprint density at radius 2 is 0.655 bits per heavy atom. The van der Waals surface area contributed by atoms with Crippen LogP contribution in [0, 0.1) is 0 Å². The molecule has 0 aliphatic heterocycles. The second-order valence-corrected chi connectivity index (χ2v) is 14.1. The minimum atomic E-state index is 0.739. The summed E-state index contributed by atoms with van der Waals surface area (Å²) in [6, 6.07) is 54.7. The van der Waals surface area contributed by atoms with Crippen LogP contribution in [-0.4, -0.2) is 25.6 Å². The minimum Gasteiger partial charge on any atom is -0.494 e. The predicted octanol–water partition coefficient (Wildman–Crippen LogP) is 14.0. The molecule has 0 atom stereocenters. The van der Waals surface area contributed by atoms with E-state index in [1.165, 1.54) is 75.2 Å². The first kappa shape index (κ1) is 35.8. The number of unbranched alkanes of at least 4 members (excludes halogenated alkanes) is 6. The maximum Gasteiger partial charge on any atom is 0.119 e. The van der Waals surface area contributed by atoms with E-state index in [0.717, 1.165) is 60.1 Å². The van der Waals surface area contributed by atoms with Crippen LogP contribution in [0.4, 0.5) is 11.4 Å². The number of hydrogen-bond donors (Lipinski definition) is 0. The first-order valence-electron chi connectivity index (χ1n) is 19.6. The molecule has 0 saturated heterocycles. The van der Waals surface area contributed by atoms with Gasteiger partial charge in [-0.1, -0.05) is 129 Å². The molecule has 0 amide bonds. The zero-order valence-corrected chi connectivity index (χ0v) is 31.2. The van der Waals surface area contributed by atoms with E-state index in [1.807, 2.05) is 61.0 Å². The Balaban J connectivity index is 0.709. The van der Waals surface area contributed by atoms with Crippen LogP contribution in [0.3, 0.4) is 0 Å². The smallest absolute Gasteiger partial charge is 0.119 e. The monoisotopic (exact) mass is 718 g/mol. The highest BCUT2D eigenvalue weighted by Gasteiger charge is 2.07. The number of hydrogen-bond acceptors (Lipinski definition) is 4. The second kappa shape index (κ2) is 17.7. The van der Waals surface area contributed by atoms with E-state index < -0.39 is 0 Å². The summed E-state index contributed by atoms with van der Waals surface area (Å²) in [6.45, 7) is 1.48. The Kier molecular flexibility index (Phi) is 11.5. The molecule has 0 aromatic heterocycles. The largest absolute Gasteiger partial charge is 0.494 e. The fourth-order valence-electron chi connectivity index (χ4n) is 7.38. The Labute approximate surface area is 323 Å². The molecule has 0 unspecified atom stereocenters. The molecule has 272 valence electrons. The van der Waals surface area contributed by atoms with Gasteiger partial charge in [0.2, 0.25) is 0 Å². The van der Waals surface area contributed by atoms with E-state index in [9.17, 15) is 0 Å². The van der Waals surface area contributed by atoms with Crippen molar-refractivity contribution in [3.63, 3.8) is 0 Å². The van der Waals surface area contributed by atoms with Gasteiger partial charge in [0.25, 0.3) is 0 Å². The Hall–Kier alpha value is -6.26. The molecule has 8 aromatic rings. The van der Waals surface area contributed by atoms with Crippen LogP contribution in [0.5, 0.6) is 11.5 Å². The van der Waals surface area contributed by atoms with Crippen molar-refractivity contribution < 1.29 is 9.47 Å². The normalized spacial score (nSPS) is 11.8. The van der Waals surface area contributed by atoms with Gasteiger partial charge in [-0.15, -0.1) is 0 Å². The van der Waals surface area contributed by atoms with Gasteiger partial charge in [0, 0.05) is 23.6 Å². The molecular weight excluding hydrogens is 673 g/mol. The number of ether oxygens (including phenoxy) is 2. The summed E-state index contributed by atoms with van der Waals surface area (Å²) in [5, 5.41) is 9.76. The molecule has 0 aliphatic carbocycles. The lowest BCUT2D eigenvalue weighted by molar-refractivity contribution is 0.300. The van der Waals surface area contributed by atoms with Gasteiger partial charge >= 0.3 is 0 Å². The molecular formula is C51H46N2O2. The third-order valence-corrected chi connectivity index (χ3v) is 10.3. The summed E-state index contributed by atoms with van der Waals surface area (Å²) in [6.07, 6.45) is 12.2. The average Bonchev–Trinajstić information content (AvgIpc) is 3.24. The summed E-state index contributed by atoms with van der Waals surface area (Å²) < 4.78 is 12.1. The quantitative estimate of drug-likeness (QED) is 0.0567. The second-order valence-electron chi connectivity index (χ2n) is 14.1. The van der Waals surface area contributed by atoms with E-state index in [-0.39, 0.29) is 0 Å². The van der Waals surface area contributed by atoms with Gasteiger partial charge < -0.3 is 9.47 Å². The molecule has 0 bridgehead atoms. The summed E-state index contributed by atoms with van der Waals surface area (Å²) in [5.41, 5.74) is 4.13. The van der Waals surface area contributed by atoms with Crippen molar-refractivity contribution in [3.8, 4) is 11.5 Å². The van der Waals surface area contributed by atoms with Crippen LogP contribution in [0.1, 0.15) is 56.1 Å². The lowest BCUT2D eigenvalue weighted by atomic mass is 9.97. The maximum absolute atomic E-state index is 6.04. The van der Waals surface area contributed by atoms with Crippen molar-refractivity contribution in [3.05, 3.63) is 169 Å². The van der Waals surface area contributed by atoms with Gasteiger partial charge in [-0.05, 0) is 117 Å². The topological polar surface area (TPSA) is 43.2 Å². The van der Waals surface area contributed by atoms with Crippen LogP contribution in [0.25, 0.3) is 43.1 Å². The van der Waals surface area contributed by atoms with E-state index in [1.54, 1.807) is 0 Å². The van der Waals surface area contributed by atoms with Gasteiger partial charge in [-0.3, -0.25) is 9.98 Å². The summed E-state index contributed by atoms with van der Waals surface area (Å²) in [4.78, 5) is 9.66. The predicted molar refractivity (Wildman–Crippen MR) is 234 cm³/mol. The van der Waals surface area contributed by atoms with Crippen LogP contribution in [-0.2, 0) is 0 Å². The van der Waals surface area contributed by atoms with E-state index >= 15 is 0 Å². The molecule has 0 radical (unpaired) electrons. The van der Waals surface area contributed by atoms with Crippen molar-refractivity contribution in [2.24, 2.45) is 9.98 Å². The van der Waals surface area contributed by atoms with Crippen molar-refractivity contribution in [2.75, 3.05) is 13.2 Å². The lowest BCUT2D eigenvalue weighted by Gasteiger charge is -2.08. The third-order valence-electron chi connectivity index (χ3n) is 10.3. The number of benzene rings is 8. The third kappa shape index (κ3) is 8.93. The fraction of sp³-hybridized carbons (Fsp3) is 0.176. The van der Waals surface area contributed by atoms with Gasteiger partial charge in [-0.25, -0.2) is 0 Å². The van der Waals surface area contributed by atoms with Gasteiger partial charge in [0.15, 0.2) is 0 Å². The molecule has 4 heteroatoms. The Morgan fingerprint density at radius 3 is 1.00 bits per heavy atom. The first-order valence-corrected chi connectivity index (χ1v) is 19.6. The minimum absolute atomic E-state index is 0.739. The summed E-state index contributed by atoms with van der Waals surface area (Å²) in [7, 11) is 0. The maximum atomic E-state index is 6.04. The Morgan fingerprint density at radius 1 is 0.345 bits per heavy atom. The standard InChI is InChI=1S/C51H46N2O2/c1(2-4-14-32-54-44-28-24-42(25-29-44)52-36-50-46-20-10-6-16-38(46)34-39-17-7-11-21-47(39)50)3-5-15-33-55-45-30-26-43(27-31-45)53-37-51-48-22-12-8-18-40(48)35-41-19-9-13-23-49(41)51/h6-13,16-31,34-37H,1-5,14-15,32-33H2. The fourth-order valence-corrected chi connectivity index (χ4v) is 7.38. The zero-order valence-electron chi connectivity index (χ0n) is 31.2. The molecule has 0 N–H and O–H groups in total. The SMILES string of the molecule is C(=Nc1ccc(OCCCCCCCCCOc2ccc(N=Cc3c4ccccc4cc4ccccc34)cc2)cc1)c1c2ccccc2cc2ccccc12. The number of rotatable bonds is 16. The molecule has 0 aliphatic rings. The van der Waals surface area contributed by atoms with Gasteiger partial charge in [0.1, 0.15) is 11.5 Å². The van der Waals surface area contributed by atoms with Crippen LogP contribution in [0.2, 0.25) is 0 Å². The highest BCUT2D eigenvalue weighted by atomic mass is 16.5. The average molecular weight is 719 g/mol. The van der Waals surface area contributed by atoms with Crippen molar-refractivity contribution in [1.82, 2.24) is 0 Å². The highest BCUT2D eigenvalue weighted by Crippen LogP contribution is 2.30. The molecule has 0 heterocycles. The van der Waals surface area contributed by atoms with Gasteiger partial charge in [-0.2, -0.15) is 0 Å².